The second-order valence-corrected chi connectivity index (χ2v) is 4.11. The fourth-order valence-corrected chi connectivity index (χ4v) is 1.39. The number of rotatable bonds is 5. The third-order valence-electron chi connectivity index (χ3n) is 2.29. The van der Waals surface area contributed by atoms with E-state index in [-0.39, 0.29) is 5.11 Å². The zero-order valence-corrected chi connectivity index (χ0v) is 12.0. The van der Waals surface area contributed by atoms with Gasteiger partial charge in [0.1, 0.15) is 11.5 Å². The van der Waals surface area contributed by atoms with Crippen LogP contribution in [0.5, 0.6) is 11.5 Å². The molecule has 0 saturated heterocycles. The lowest BCUT2D eigenvalue weighted by molar-refractivity contribution is 0.394. The molecule has 0 unspecified atom stereocenters. The highest BCUT2D eigenvalue weighted by Crippen LogP contribution is 2.25. The zero-order valence-electron chi connectivity index (χ0n) is 11.1. The molecule has 5 nitrogen and oxygen atoms in total. The SMILES string of the molecule is COc1ccc(/C=C/C(C)=N/NC(N)=S)c(OC)c1. The van der Waals surface area contributed by atoms with Crippen LogP contribution < -0.4 is 20.6 Å². The first kappa shape index (κ1) is 15.0. The molecule has 1 aromatic rings. The number of nitrogens with one attached hydrogen (secondary N) is 1. The van der Waals surface area contributed by atoms with Crippen molar-refractivity contribution < 1.29 is 9.47 Å². The molecule has 3 N–H and O–H groups in total. The minimum absolute atomic E-state index is 0.134. The Hall–Kier alpha value is -2.08. The number of benzene rings is 1. The van der Waals surface area contributed by atoms with Gasteiger partial charge in [-0.05, 0) is 43.4 Å². The number of hydrogen-bond donors (Lipinski definition) is 2. The largest absolute Gasteiger partial charge is 0.497 e. The maximum absolute atomic E-state index is 5.29. The number of thiocarbonyl (C=S) groups is 1. The van der Waals surface area contributed by atoms with E-state index in [0.717, 1.165) is 22.8 Å². The van der Waals surface area contributed by atoms with Crippen molar-refractivity contribution in [2.75, 3.05) is 14.2 Å². The molecule has 1 aromatic carbocycles. The summed E-state index contributed by atoms with van der Waals surface area (Å²) in [5.41, 5.74) is 9.47. The molecule has 0 spiro atoms. The summed E-state index contributed by atoms with van der Waals surface area (Å²) in [7, 11) is 3.23. The van der Waals surface area contributed by atoms with Crippen LogP contribution in [0.4, 0.5) is 0 Å². The van der Waals surface area contributed by atoms with Crippen LogP contribution in [0, 0.1) is 0 Å². The lowest BCUT2D eigenvalue weighted by atomic mass is 10.1. The predicted molar refractivity (Wildman–Crippen MR) is 81.6 cm³/mol. The Morgan fingerprint density at radius 3 is 2.68 bits per heavy atom. The van der Waals surface area contributed by atoms with Gasteiger partial charge in [0.05, 0.1) is 19.9 Å². The highest BCUT2D eigenvalue weighted by molar-refractivity contribution is 7.80. The Morgan fingerprint density at radius 1 is 1.37 bits per heavy atom. The predicted octanol–water partition coefficient (Wildman–Crippen LogP) is 1.93. The molecule has 0 amide bonds. The number of hydrogen-bond acceptors (Lipinski definition) is 4. The molecule has 0 bridgehead atoms. The van der Waals surface area contributed by atoms with Crippen LogP contribution in [0.3, 0.4) is 0 Å². The third-order valence-corrected chi connectivity index (χ3v) is 2.38. The highest BCUT2D eigenvalue weighted by atomic mass is 32.1. The van der Waals surface area contributed by atoms with Crippen LogP contribution in [0.2, 0.25) is 0 Å². The molecule has 0 aromatic heterocycles. The van der Waals surface area contributed by atoms with Crippen molar-refractivity contribution in [2.45, 2.75) is 6.92 Å². The first-order valence-electron chi connectivity index (χ1n) is 5.56. The van der Waals surface area contributed by atoms with Gasteiger partial charge >= 0.3 is 0 Å². The van der Waals surface area contributed by atoms with Gasteiger partial charge in [0.25, 0.3) is 0 Å². The maximum Gasteiger partial charge on any atom is 0.184 e. The second kappa shape index (κ2) is 7.38. The fourth-order valence-electron chi connectivity index (χ4n) is 1.35. The number of hydrazone groups is 1. The summed E-state index contributed by atoms with van der Waals surface area (Å²) >= 11 is 4.66. The van der Waals surface area contributed by atoms with Gasteiger partial charge in [-0.1, -0.05) is 0 Å². The monoisotopic (exact) mass is 279 g/mol. The van der Waals surface area contributed by atoms with Crippen molar-refractivity contribution in [3.05, 3.63) is 29.8 Å². The number of methoxy groups -OCH3 is 2. The molecule has 6 heteroatoms. The molecule has 0 atom stereocenters. The summed E-state index contributed by atoms with van der Waals surface area (Å²) in [6.45, 7) is 1.83. The van der Waals surface area contributed by atoms with Gasteiger partial charge in [0.2, 0.25) is 0 Å². The van der Waals surface area contributed by atoms with Gasteiger partial charge in [-0.25, -0.2) is 0 Å². The Morgan fingerprint density at radius 2 is 2.11 bits per heavy atom. The minimum atomic E-state index is 0.134. The number of nitrogens with zero attached hydrogens (tertiary/aromatic N) is 1. The van der Waals surface area contributed by atoms with Gasteiger partial charge in [-0.2, -0.15) is 5.10 Å². The van der Waals surface area contributed by atoms with Gasteiger partial charge in [-0.15, -0.1) is 0 Å². The van der Waals surface area contributed by atoms with Crippen molar-refractivity contribution in [2.24, 2.45) is 10.8 Å². The molecular formula is C13H17N3O2S. The Bertz CT molecular complexity index is 513. The van der Waals surface area contributed by atoms with Crippen molar-refractivity contribution in [1.82, 2.24) is 5.43 Å². The summed E-state index contributed by atoms with van der Waals surface area (Å²) in [4.78, 5) is 0. The van der Waals surface area contributed by atoms with Crippen molar-refractivity contribution in [3.63, 3.8) is 0 Å². The summed E-state index contributed by atoms with van der Waals surface area (Å²) in [5.74, 6) is 1.47. The van der Waals surface area contributed by atoms with Crippen molar-refractivity contribution >= 4 is 29.1 Å². The van der Waals surface area contributed by atoms with Gasteiger partial charge < -0.3 is 15.2 Å². The Balaban J connectivity index is 2.86. The third kappa shape index (κ3) is 4.97. The molecule has 19 heavy (non-hydrogen) atoms. The number of ether oxygens (including phenoxy) is 2. The molecule has 0 saturated carbocycles. The van der Waals surface area contributed by atoms with Gasteiger partial charge in [-0.3, -0.25) is 5.43 Å². The van der Waals surface area contributed by atoms with Crippen LogP contribution in [0.1, 0.15) is 12.5 Å². The smallest absolute Gasteiger partial charge is 0.184 e. The van der Waals surface area contributed by atoms with Crippen LogP contribution in [0.25, 0.3) is 6.08 Å². The van der Waals surface area contributed by atoms with Gasteiger partial charge in [0, 0.05) is 11.6 Å². The number of allylic oxidation sites excluding steroid dienone is 1. The molecule has 0 heterocycles. The van der Waals surface area contributed by atoms with E-state index >= 15 is 0 Å². The molecule has 0 aliphatic heterocycles. The maximum atomic E-state index is 5.29. The van der Waals surface area contributed by atoms with E-state index in [4.69, 9.17) is 15.2 Å². The molecule has 0 fully saturated rings. The Kier molecular flexibility index (Phi) is 5.81. The standard InChI is InChI=1S/C13H17N3O2S/c1-9(15-16-13(14)19)4-5-10-6-7-11(17-2)8-12(10)18-3/h4-8H,1-3H3,(H3,14,16,19)/b5-4+,15-9+. The van der Waals surface area contributed by atoms with E-state index < -0.39 is 0 Å². The highest BCUT2D eigenvalue weighted by Gasteiger charge is 2.01. The average Bonchev–Trinajstić information content (AvgIpc) is 2.42. The van der Waals surface area contributed by atoms with E-state index in [1.165, 1.54) is 0 Å². The first-order valence-corrected chi connectivity index (χ1v) is 5.97. The van der Waals surface area contributed by atoms with E-state index in [0.29, 0.717) is 0 Å². The first-order chi connectivity index (χ1) is 9.06. The normalized spacial score (nSPS) is 11.4. The average molecular weight is 279 g/mol. The van der Waals surface area contributed by atoms with E-state index in [9.17, 15) is 0 Å². The minimum Gasteiger partial charge on any atom is -0.497 e. The van der Waals surface area contributed by atoms with Crippen molar-refractivity contribution in [1.29, 1.82) is 0 Å². The second-order valence-electron chi connectivity index (χ2n) is 3.67. The molecular weight excluding hydrogens is 262 g/mol. The van der Waals surface area contributed by atoms with Gasteiger partial charge in [0.15, 0.2) is 5.11 Å². The molecule has 102 valence electrons. The molecule has 0 radical (unpaired) electrons. The lowest BCUT2D eigenvalue weighted by Gasteiger charge is -2.07. The summed E-state index contributed by atoms with van der Waals surface area (Å²) in [6, 6.07) is 5.59. The molecule has 0 aliphatic rings. The van der Waals surface area contributed by atoms with E-state index in [2.05, 4.69) is 22.7 Å². The summed E-state index contributed by atoms with van der Waals surface area (Å²) in [6.07, 6.45) is 3.72. The van der Waals surface area contributed by atoms with Crippen LogP contribution >= 0.6 is 12.2 Å². The quantitative estimate of drug-likeness (QED) is 0.489. The van der Waals surface area contributed by atoms with Crippen LogP contribution in [-0.2, 0) is 0 Å². The van der Waals surface area contributed by atoms with E-state index in [1.807, 2.05) is 37.3 Å². The van der Waals surface area contributed by atoms with Crippen LogP contribution in [0.15, 0.2) is 29.4 Å². The lowest BCUT2D eigenvalue weighted by Crippen LogP contribution is -2.24. The number of nitrogens with two attached hydrogens (primary N) is 1. The van der Waals surface area contributed by atoms with E-state index in [1.54, 1.807) is 14.2 Å². The van der Waals surface area contributed by atoms with Crippen LogP contribution in [-0.4, -0.2) is 25.0 Å². The molecule has 0 aliphatic carbocycles. The molecule has 1 rings (SSSR count). The fraction of sp³-hybridized carbons (Fsp3) is 0.231. The zero-order chi connectivity index (χ0) is 14.3. The van der Waals surface area contributed by atoms with Crippen molar-refractivity contribution in [3.8, 4) is 11.5 Å². The summed E-state index contributed by atoms with van der Waals surface area (Å²) < 4.78 is 10.4. The Labute approximate surface area is 118 Å². The topological polar surface area (TPSA) is 68.9 Å². The summed E-state index contributed by atoms with van der Waals surface area (Å²) in [5, 5.41) is 4.11.